The molecule has 2 aliphatic heterocycles. The van der Waals surface area contributed by atoms with E-state index in [9.17, 15) is 0 Å². The van der Waals surface area contributed by atoms with Crippen LogP contribution in [0.1, 0.15) is 53.9 Å². The lowest BCUT2D eigenvalue weighted by atomic mass is 9.95. The van der Waals surface area contributed by atoms with Crippen LogP contribution in [-0.4, -0.2) is 104 Å². The molecule has 2 fully saturated rings. The van der Waals surface area contributed by atoms with E-state index in [4.69, 9.17) is 21.3 Å². The van der Waals surface area contributed by atoms with Crippen LogP contribution in [0.5, 0.6) is 0 Å². The standard InChI is InChI=1S/C25H48ClN5O/c1-7-24-9-11-31(12-10-24)20-28(6)25(27-18-21(3)17-22(4)26)32-23(5)19-30-15-13-29(8-2)14-16-30/h17,21,23-24H,7-16,18-20H2,1-6H3/b22-17+,27-25?. The molecule has 2 atom stereocenters. The maximum Gasteiger partial charge on any atom is 0.288 e. The highest BCUT2D eigenvalue weighted by Crippen LogP contribution is 2.20. The molecule has 0 amide bonds. The van der Waals surface area contributed by atoms with Gasteiger partial charge in [-0.3, -0.25) is 9.80 Å². The van der Waals surface area contributed by atoms with Gasteiger partial charge in [-0.1, -0.05) is 44.9 Å². The van der Waals surface area contributed by atoms with Crippen molar-refractivity contribution in [2.75, 3.05) is 72.6 Å². The average Bonchev–Trinajstić information content (AvgIpc) is 2.77. The van der Waals surface area contributed by atoms with Gasteiger partial charge in [0.25, 0.3) is 6.02 Å². The van der Waals surface area contributed by atoms with Crippen LogP contribution in [0.4, 0.5) is 0 Å². The topological polar surface area (TPSA) is 34.6 Å². The van der Waals surface area contributed by atoms with Crippen LogP contribution in [0.2, 0.25) is 0 Å². The highest BCUT2D eigenvalue weighted by atomic mass is 35.5. The number of piperazine rings is 1. The monoisotopic (exact) mass is 469 g/mol. The van der Waals surface area contributed by atoms with Crippen molar-refractivity contribution in [1.29, 1.82) is 0 Å². The van der Waals surface area contributed by atoms with E-state index in [-0.39, 0.29) is 12.0 Å². The number of hydrogen-bond donors (Lipinski definition) is 0. The van der Waals surface area contributed by atoms with E-state index in [1.54, 1.807) is 0 Å². The Hall–Kier alpha value is -0.820. The Labute approximate surface area is 202 Å². The molecule has 0 N–H and O–H groups in total. The van der Waals surface area contributed by atoms with Gasteiger partial charge in [0.05, 0.1) is 13.2 Å². The molecular weight excluding hydrogens is 422 g/mol. The predicted molar refractivity (Wildman–Crippen MR) is 137 cm³/mol. The number of likely N-dealkylation sites (tertiary alicyclic amines) is 1. The molecule has 2 saturated heterocycles. The molecule has 0 aromatic heterocycles. The van der Waals surface area contributed by atoms with Crippen molar-refractivity contribution in [3.05, 3.63) is 11.1 Å². The van der Waals surface area contributed by atoms with Gasteiger partial charge in [-0.25, -0.2) is 4.99 Å². The highest BCUT2D eigenvalue weighted by Gasteiger charge is 2.23. The van der Waals surface area contributed by atoms with Crippen molar-refractivity contribution >= 4 is 17.6 Å². The summed E-state index contributed by atoms with van der Waals surface area (Å²) in [5.41, 5.74) is 0. The Morgan fingerprint density at radius 2 is 1.69 bits per heavy atom. The van der Waals surface area contributed by atoms with Crippen molar-refractivity contribution in [3.63, 3.8) is 0 Å². The zero-order chi connectivity index (χ0) is 23.5. The van der Waals surface area contributed by atoms with Crippen molar-refractivity contribution in [2.45, 2.75) is 60.0 Å². The van der Waals surface area contributed by atoms with Gasteiger partial charge in [-0.15, -0.1) is 0 Å². The van der Waals surface area contributed by atoms with E-state index in [2.05, 4.69) is 60.4 Å². The minimum Gasteiger partial charge on any atom is -0.461 e. The number of allylic oxidation sites excluding steroid dienone is 1. The fraction of sp³-hybridized carbons (Fsp3) is 0.880. The molecule has 7 heteroatoms. The molecule has 2 rings (SSSR count). The zero-order valence-electron chi connectivity index (χ0n) is 21.5. The van der Waals surface area contributed by atoms with Crippen molar-refractivity contribution < 1.29 is 4.74 Å². The van der Waals surface area contributed by atoms with E-state index in [1.807, 2.05) is 6.92 Å². The van der Waals surface area contributed by atoms with Gasteiger partial charge in [-0.05, 0) is 45.1 Å². The van der Waals surface area contributed by atoms with Crippen LogP contribution in [0.3, 0.4) is 0 Å². The molecule has 0 bridgehead atoms. The second-order valence-electron chi connectivity index (χ2n) is 9.83. The van der Waals surface area contributed by atoms with Gasteiger partial charge in [0.15, 0.2) is 0 Å². The number of amidine groups is 1. The Balaban J connectivity index is 1.94. The number of hydrogen-bond acceptors (Lipinski definition) is 5. The quantitative estimate of drug-likeness (QED) is 0.354. The molecule has 0 spiro atoms. The van der Waals surface area contributed by atoms with Crippen LogP contribution in [-0.2, 0) is 4.74 Å². The summed E-state index contributed by atoms with van der Waals surface area (Å²) >= 11 is 6.07. The Morgan fingerprint density at radius 1 is 1.06 bits per heavy atom. The van der Waals surface area contributed by atoms with Crippen LogP contribution in [0.15, 0.2) is 16.1 Å². The minimum atomic E-state index is 0.107. The van der Waals surface area contributed by atoms with Gasteiger partial charge < -0.3 is 14.5 Å². The second-order valence-corrected chi connectivity index (χ2v) is 10.4. The van der Waals surface area contributed by atoms with Gasteiger partial charge >= 0.3 is 0 Å². The molecule has 32 heavy (non-hydrogen) atoms. The third-order valence-electron chi connectivity index (χ3n) is 6.79. The van der Waals surface area contributed by atoms with Crippen molar-refractivity contribution in [2.24, 2.45) is 16.8 Å². The first kappa shape index (κ1) is 27.4. The predicted octanol–water partition coefficient (Wildman–Crippen LogP) is 4.18. The van der Waals surface area contributed by atoms with E-state index < -0.39 is 0 Å². The maximum absolute atomic E-state index is 6.45. The van der Waals surface area contributed by atoms with Crippen molar-refractivity contribution in [3.8, 4) is 0 Å². The van der Waals surface area contributed by atoms with Crippen LogP contribution in [0, 0.1) is 11.8 Å². The van der Waals surface area contributed by atoms with Crippen LogP contribution >= 0.6 is 11.6 Å². The zero-order valence-corrected chi connectivity index (χ0v) is 22.3. The average molecular weight is 470 g/mol. The Kier molecular flexibility index (Phi) is 12.4. The summed E-state index contributed by atoms with van der Waals surface area (Å²) in [5.74, 6) is 1.18. The maximum atomic E-state index is 6.45. The Morgan fingerprint density at radius 3 is 2.25 bits per heavy atom. The first-order chi connectivity index (χ1) is 15.3. The second kappa shape index (κ2) is 14.4. The third kappa shape index (κ3) is 9.98. The molecule has 186 valence electrons. The lowest BCUT2D eigenvalue weighted by Gasteiger charge is -2.37. The number of piperidine rings is 1. The molecule has 2 heterocycles. The number of aliphatic imine (C=N–C) groups is 1. The molecule has 6 nitrogen and oxygen atoms in total. The summed E-state index contributed by atoms with van der Waals surface area (Å²) in [6.07, 6.45) is 6.07. The number of likely N-dealkylation sites (N-methyl/N-ethyl adjacent to an activating group) is 1. The van der Waals surface area contributed by atoms with Crippen molar-refractivity contribution in [1.82, 2.24) is 19.6 Å². The summed E-state index contributed by atoms with van der Waals surface area (Å²) in [6.45, 7) is 21.3. The number of ether oxygens (including phenoxy) is 1. The van der Waals surface area contributed by atoms with Gasteiger partial charge in [-0.2, -0.15) is 0 Å². The summed E-state index contributed by atoms with van der Waals surface area (Å²) in [4.78, 5) is 14.7. The van der Waals surface area contributed by atoms with E-state index in [0.717, 1.165) is 76.0 Å². The smallest absolute Gasteiger partial charge is 0.288 e. The summed E-state index contributed by atoms with van der Waals surface area (Å²) in [7, 11) is 2.12. The lowest BCUT2D eigenvalue weighted by Crippen LogP contribution is -2.49. The fourth-order valence-electron chi connectivity index (χ4n) is 4.68. The van der Waals surface area contributed by atoms with Crippen LogP contribution < -0.4 is 0 Å². The molecule has 0 aromatic carbocycles. The number of nitrogens with zero attached hydrogens (tertiary/aromatic N) is 5. The van der Waals surface area contributed by atoms with Gasteiger partial charge in [0, 0.05) is 57.9 Å². The van der Waals surface area contributed by atoms with Gasteiger partial charge in [0.1, 0.15) is 6.10 Å². The molecular formula is C25H48ClN5O. The molecule has 0 aromatic rings. The molecule has 2 unspecified atom stereocenters. The summed E-state index contributed by atoms with van der Waals surface area (Å²) in [5, 5.41) is 0.821. The number of rotatable bonds is 10. The SMILES string of the molecule is CCC1CCN(CN(C)C(=NCC(C)/C=C(\C)Cl)OC(C)CN2CCN(CC)CC2)CC1. The fourth-order valence-corrected chi connectivity index (χ4v) is 4.90. The summed E-state index contributed by atoms with van der Waals surface area (Å²) in [6, 6.07) is 0.759. The molecule has 0 saturated carbocycles. The summed E-state index contributed by atoms with van der Waals surface area (Å²) < 4.78 is 6.45. The minimum absolute atomic E-state index is 0.107. The normalized spacial score (nSPS) is 22.7. The van der Waals surface area contributed by atoms with Gasteiger partial charge in [0.2, 0.25) is 0 Å². The highest BCUT2D eigenvalue weighted by molar-refractivity contribution is 6.29. The molecule has 0 aliphatic carbocycles. The Bertz CT molecular complexity index is 579. The van der Waals surface area contributed by atoms with E-state index in [0.29, 0.717) is 6.54 Å². The van der Waals surface area contributed by atoms with E-state index in [1.165, 1.54) is 19.3 Å². The first-order valence-corrected chi connectivity index (χ1v) is 13.1. The lowest BCUT2D eigenvalue weighted by molar-refractivity contribution is 0.0697. The largest absolute Gasteiger partial charge is 0.461 e. The third-order valence-corrected chi connectivity index (χ3v) is 6.91. The van der Waals surface area contributed by atoms with Crippen LogP contribution in [0.25, 0.3) is 0 Å². The molecule has 0 radical (unpaired) electrons. The first-order valence-electron chi connectivity index (χ1n) is 12.7. The molecule has 2 aliphatic rings. The van der Waals surface area contributed by atoms with E-state index >= 15 is 0 Å². The number of halogens is 1.